The largest absolute Gasteiger partial charge is 0.484 e. The smallest absolute Gasteiger partial charge is 0.261 e. The van der Waals surface area contributed by atoms with Gasteiger partial charge in [0.05, 0.1) is 0 Å². The van der Waals surface area contributed by atoms with E-state index in [4.69, 9.17) is 16.3 Å². The molecule has 0 spiro atoms. The number of benzene rings is 3. The summed E-state index contributed by atoms with van der Waals surface area (Å²) in [7, 11) is 0. The van der Waals surface area contributed by atoms with E-state index in [9.17, 15) is 9.59 Å². The van der Waals surface area contributed by atoms with Crippen LogP contribution in [0.15, 0.2) is 66.7 Å². The molecule has 0 aliphatic heterocycles. The molecule has 0 saturated heterocycles. The molecule has 0 aliphatic rings. The Morgan fingerprint density at radius 2 is 1.62 bits per heavy atom. The fraction of sp³-hybridized carbons (Fsp3) is 0.355. The van der Waals surface area contributed by atoms with Crippen LogP contribution in [0, 0.1) is 20.8 Å². The molecule has 5 nitrogen and oxygen atoms in total. The van der Waals surface area contributed by atoms with Gasteiger partial charge in [-0.3, -0.25) is 9.59 Å². The van der Waals surface area contributed by atoms with Crippen molar-refractivity contribution >= 4 is 23.4 Å². The van der Waals surface area contributed by atoms with Crippen molar-refractivity contribution in [1.82, 2.24) is 10.2 Å². The molecule has 0 heterocycles. The van der Waals surface area contributed by atoms with Crippen LogP contribution in [0.2, 0.25) is 5.02 Å². The van der Waals surface area contributed by atoms with Gasteiger partial charge in [0, 0.05) is 24.5 Å². The minimum absolute atomic E-state index is 0.156. The van der Waals surface area contributed by atoms with Gasteiger partial charge >= 0.3 is 0 Å². The normalized spacial score (nSPS) is 11.6. The molecule has 37 heavy (non-hydrogen) atoms. The zero-order chi connectivity index (χ0) is 26.8. The second-order valence-electron chi connectivity index (χ2n) is 9.52. The van der Waals surface area contributed by atoms with Crippen LogP contribution in [0.25, 0.3) is 0 Å². The Hall–Kier alpha value is -3.31. The topological polar surface area (TPSA) is 58.6 Å². The molecule has 2 amide bonds. The Bertz CT molecular complexity index is 1170. The van der Waals surface area contributed by atoms with E-state index in [0.717, 1.165) is 40.7 Å². The van der Waals surface area contributed by atoms with Gasteiger partial charge in [0.25, 0.3) is 5.91 Å². The van der Waals surface area contributed by atoms with Crippen LogP contribution in [0.5, 0.6) is 5.75 Å². The van der Waals surface area contributed by atoms with Gasteiger partial charge in [0.15, 0.2) is 6.61 Å². The zero-order valence-electron chi connectivity index (χ0n) is 22.2. The third-order valence-corrected chi connectivity index (χ3v) is 6.90. The summed E-state index contributed by atoms with van der Waals surface area (Å²) in [5.74, 6) is 0.171. The third-order valence-electron chi connectivity index (χ3n) is 6.31. The number of aryl methyl sites for hydroxylation is 3. The van der Waals surface area contributed by atoms with Crippen molar-refractivity contribution in [1.29, 1.82) is 0 Å². The number of amides is 2. The van der Waals surface area contributed by atoms with Crippen LogP contribution in [0.3, 0.4) is 0 Å². The second-order valence-corrected chi connectivity index (χ2v) is 9.90. The lowest BCUT2D eigenvalue weighted by atomic mass is 10.0. The average Bonchev–Trinajstić information content (AvgIpc) is 2.88. The van der Waals surface area contributed by atoms with Crippen LogP contribution in [-0.2, 0) is 22.6 Å². The van der Waals surface area contributed by atoms with Crippen molar-refractivity contribution in [2.24, 2.45) is 0 Å². The zero-order valence-corrected chi connectivity index (χ0v) is 23.0. The highest BCUT2D eigenvalue weighted by Crippen LogP contribution is 2.26. The van der Waals surface area contributed by atoms with Crippen molar-refractivity contribution in [2.75, 3.05) is 13.2 Å². The van der Waals surface area contributed by atoms with E-state index in [1.807, 2.05) is 87.5 Å². The molecule has 1 N–H and O–H groups in total. The fourth-order valence-electron chi connectivity index (χ4n) is 4.28. The van der Waals surface area contributed by atoms with Crippen molar-refractivity contribution in [3.8, 4) is 5.75 Å². The van der Waals surface area contributed by atoms with Crippen molar-refractivity contribution in [2.45, 2.75) is 59.5 Å². The summed E-state index contributed by atoms with van der Waals surface area (Å²) >= 11 is 6.30. The van der Waals surface area contributed by atoms with Crippen LogP contribution in [-0.4, -0.2) is 35.9 Å². The molecule has 0 aliphatic carbocycles. The predicted octanol–water partition coefficient (Wildman–Crippen LogP) is 6.20. The van der Waals surface area contributed by atoms with Crippen molar-refractivity contribution < 1.29 is 14.3 Å². The van der Waals surface area contributed by atoms with E-state index in [-0.39, 0.29) is 18.4 Å². The molecule has 0 aromatic heterocycles. The number of carbonyl (C=O) groups is 2. The first-order valence-corrected chi connectivity index (χ1v) is 13.2. The van der Waals surface area contributed by atoms with Crippen molar-refractivity contribution in [3.63, 3.8) is 0 Å². The Morgan fingerprint density at radius 3 is 2.27 bits per heavy atom. The van der Waals surface area contributed by atoms with E-state index >= 15 is 0 Å². The Balaban J connectivity index is 1.90. The molecule has 0 bridgehead atoms. The minimum Gasteiger partial charge on any atom is -0.484 e. The lowest BCUT2D eigenvalue weighted by molar-refractivity contribution is -0.142. The molecule has 1 atom stereocenters. The summed E-state index contributed by atoms with van der Waals surface area (Å²) in [5.41, 5.74) is 4.83. The molecule has 196 valence electrons. The Kier molecular flexibility index (Phi) is 10.6. The van der Waals surface area contributed by atoms with Gasteiger partial charge in [0.2, 0.25) is 5.91 Å². The van der Waals surface area contributed by atoms with E-state index in [1.54, 1.807) is 4.90 Å². The first-order valence-electron chi connectivity index (χ1n) is 12.8. The van der Waals surface area contributed by atoms with Gasteiger partial charge in [0.1, 0.15) is 11.8 Å². The number of rotatable bonds is 12. The second kappa shape index (κ2) is 13.8. The number of carbonyl (C=O) groups excluding carboxylic acids is 2. The van der Waals surface area contributed by atoms with Gasteiger partial charge in [-0.15, -0.1) is 0 Å². The number of hydrogen-bond acceptors (Lipinski definition) is 3. The molecule has 0 fully saturated rings. The van der Waals surface area contributed by atoms with E-state index in [1.165, 1.54) is 0 Å². The highest BCUT2D eigenvalue weighted by atomic mass is 35.5. The van der Waals surface area contributed by atoms with Gasteiger partial charge in [-0.2, -0.15) is 0 Å². The number of hydrogen-bond donors (Lipinski definition) is 1. The summed E-state index contributed by atoms with van der Waals surface area (Å²) in [6.45, 7) is 8.62. The summed E-state index contributed by atoms with van der Waals surface area (Å²) in [5, 5.41) is 3.73. The van der Waals surface area contributed by atoms with E-state index in [0.29, 0.717) is 30.3 Å². The van der Waals surface area contributed by atoms with Crippen LogP contribution in [0.4, 0.5) is 0 Å². The summed E-state index contributed by atoms with van der Waals surface area (Å²) in [6, 6.07) is 20.8. The van der Waals surface area contributed by atoms with Gasteiger partial charge in [-0.05, 0) is 61.6 Å². The van der Waals surface area contributed by atoms with Crippen LogP contribution < -0.4 is 10.1 Å². The number of nitrogens with zero attached hydrogens (tertiary/aromatic N) is 1. The monoisotopic (exact) mass is 520 g/mol. The SMILES string of the molecule is CCCCNC(=O)C(Cc1ccccc1)N(Cc1cccc(C)c1)C(=O)COc1cc(C)c(Cl)c(C)c1. The van der Waals surface area contributed by atoms with E-state index < -0.39 is 6.04 Å². The highest BCUT2D eigenvalue weighted by Gasteiger charge is 2.30. The minimum atomic E-state index is -0.676. The molecular weight excluding hydrogens is 484 g/mol. The molecule has 1 unspecified atom stereocenters. The number of halogens is 1. The maximum Gasteiger partial charge on any atom is 0.261 e. The highest BCUT2D eigenvalue weighted by molar-refractivity contribution is 6.32. The summed E-state index contributed by atoms with van der Waals surface area (Å²) in [4.78, 5) is 28.8. The van der Waals surface area contributed by atoms with Gasteiger partial charge < -0.3 is 15.0 Å². The fourth-order valence-corrected chi connectivity index (χ4v) is 4.39. The number of ether oxygens (including phenoxy) is 1. The molecule has 0 radical (unpaired) electrons. The standard InChI is InChI=1S/C31H37ClN2O3/c1-5-6-15-33-31(36)28(19-25-12-8-7-9-13-25)34(20-26-14-10-11-22(2)16-26)29(35)21-37-27-17-23(3)30(32)24(4)18-27/h7-14,16-18,28H,5-6,15,19-21H2,1-4H3,(H,33,36). The molecule has 3 aromatic carbocycles. The molecule has 6 heteroatoms. The lowest BCUT2D eigenvalue weighted by Gasteiger charge is -2.31. The lowest BCUT2D eigenvalue weighted by Crippen LogP contribution is -2.51. The average molecular weight is 521 g/mol. The summed E-state index contributed by atoms with van der Waals surface area (Å²) < 4.78 is 5.92. The Labute approximate surface area is 225 Å². The summed E-state index contributed by atoms with van der Waals surface area (Å²) in [6.07, 6.45) is 2.27. The first kappa shape index (κ1) is 28.3. The molecule has 3 aromatic rings. The predicted molar refractivity (Wildman–Crippen MR) is 150 cm³/mol. The third kappa shape index (κ3) is 8.36. The quantitative estimate of drug-likeness (QED) is 0.289. The van der Waals surface area contributed by atoms with Gasteiger partial charge in [-0.1, -0.05) is 85.1 Å². The molecular formula is C31H37ClN2O3. The molecule has 0 saturated carbocycles. The maximum absolute atomic E-state index is 13.7. The first-order chi connectivity index (χ1) is 17.8. The van der Waals surface area contributed by atoms with Crippen molar-refractivity contribution in [3.05, 3.63) is 99.6 Å². The van der Waals surface area contributed by atoms with E-state index in [2.05, 4.69) is 12.2 Å². The molecule has 3 rings (SSSR count). The Morgan fingerprint density at radius 1 is 0.946 bits per heavy atom. The van der Waals surface area contributed by atoms with Gasteiger partial charge in [-0.25, -0.2) is 0 Å². The van der Waals surface area contributed by atoms with Crippen LogP contribution in [0.1, 0.15) is 47.6 Å². The maximum atomic E-state index is 13.7. The number of unbranched alkanes of at least 4 members (excludes halogenated alkanes) is 1. The number of nitrogens with one attached hydrogen (secondary N) is 1. The van der Waals surface area contributed by atoms with Crippen LogP contribution >= 0.6 is 11.6 Å².